The van der Waals surface area contributed by atoms with Crippen LogP contribution >= 0.6 is 11.8 Å². The van der Waals surface area contributed by atoms with E-state index in [1.807, 2.05) is 31.2 Å². The van der Waals surface area contributed by atoms with Crippen LogP contribution in [0.3, 0.4) is 0 Å². The normalized spacial score (nSPS) is 11.2. The lowest BCUT2D eigenvalue weighted by molar-refractivity contribution is -0.384. The van der Waals surface area contributed by atoms with Gasteiger partial charge in [0.1, 0.15) is 6.54 Å². The molecule has 0 saturated carbocycles. The van der Waals surface area contributed by atoms with Crippen LogP contribution in [0.1, 0.15) is 17.5 Å². The summed E-state index contributed by atoms with van der Waals surface area (Å²) < 4.78 is 25.4. The van der Waals surface area contributed by atoms with Crippen LogP contribution in [0.5, 0.6) is 0 Å². The molecule has 10 heteroatoms. The number of nitrogens with zero attached hydrogens (tertiary/aromatic N) is 2. The van der Waals surface area contributed by atoms with Gasteiger partial charge in [-0.05, 0) is 43.7 Å². The van der Waals surface area contributed by atoms with Gasteiger partial charge in [-0.15, -0.1) is 11.8 Å². The van der Waals surface area contributed by atoms with Crippen LogP contribution in [0, 0.1) is 24.0 Å². The molecule has 1 N–H and O–H groups in total. The molecule has 1 amide bonds. The highest BCUT2D eigenvalue weighted by Crippen LogP contribution is 2.27. The first kappa shape index (κ1) is 23.7. The SMILES string of the molecule is Cc1ccc(SCCCNC(=O)CN(c2cc([N+](=O)[O-])ccc2C)S(C)(=O)=O)cc1. The average Bonchev–Trinajstić information content (AvgIpc) is 2.67. The van der Waals surface area contributed by atoms with Crippen LogP contribution in [0.25, 0.3) is 0 Å². The fraction of sp³-hybridized carbons (Fsp3) is 0.350. The van der Waals surface area contributed by atoms with Crippen molar-refractivity contribution in [1.82, 2.24) is 5.32 Å². The number of hydrogen-bond acceptors (Lipinski definition) is 6. The molecule has 30 heavy (non-hydrogen) atoms. The second kappa shape index (κ2) is 10.4. The highest BCUT2D eigenvalue weighted by Gasteiger charge is 2.24. The summed E-state index contributed by atoms with van der Waals surface area (Å²) in [5.74, 6) is 0.343. The van der Waals surface area contributed by atoms with Crippen molar-refractivity contribution in [3.63, 3.8) is 0 Å². The minimum Gasteiger partial charge on any atom is -0.354 e. The van der Waals surface area contributed by atoms with Gasteiger partial charge in [0.05, 0.1) is 16.9 Å². The molecule has 2 aromatic carbocycles. The third-order valence-corrected chi connectivity index (χ3v) is 6.52. The van der Waals surface area contributed by atoms with Gasteiger partial charge in [0.15, 0.2) is 0 Å². The van der Waals surface area contributed by atoms with Crippen molar-refractivity contribution in [2.45, 2.75) is 25.2 Å². The minimum absolute atomic E-state index is 0.122. The maximum Gasteiger partial charge on any atom is 0.271 e. The first-order chi connectivity index (χ1) is 14.1. The molecule has 0 aromatic heterocycles. The topological polar surface area (TPSA) is 110 Å². The third-order valence-electron chi connectivity index (χ3n) is 4.29. The quantitative estimate of drug-likeness (QED) is 0.257. The van der Waals surface area contributed by atoms with Gasteiger partial charge < -0.3 is 5.32 Å². The van der Waals surface area contributed by atoms with E-state index in [0.29, 0.717) is 12.1 Å². The summed E-state index contributed by atoms with van der Waals surface area (Å²) in [5, 5.41) is 13.8. The summed E-state index contributed by atoms with van der Waals surface area (Å²) in [6.07, 6.45) is 1.69. The number of amides is 1. The lowest BCUT2D eigenvalue weighted by Gasteiger charge is -2.23. The van der Waals surface area contributed by atoms with Gasteiger partial charge in [-0.3, -0.25) is 19.2 Å². The molecule has 2 rings (SSSR count). The number of nitro groups is 1. The van der Waals surface area contributed by atoms with Crippen molar-refractivity contribution in [1.29, 1.82) is 0 Å². The summed E-state index contributed by atoms with van der Waals surface area (Å²) in [4.78, 5) is 23.9. The molecule has 0 saturated heterocycles. The second-order valence-corrected chi connectivity index (χ2v) is 9.94. The van der Waals surface area contributed by atoms with Gasteiger partial charge in [0.25, 0.3) is 5.69 Å². The van der Waals surface area contributed by atoms with Crippen molar-refractivity contribution in [3.05, 3.63) is 63.7 Å². The predicted molar refractivity (Wildman–Crippen MR) is 120 cm³/mol. The number of carbonyl (C=O) groups excluding carboxylic acids is 1. The van der Waals surface area contributed by atoms with Gasteiger partial charge in [-0.25, -0.2) is 8.42 Å². The Kier molecular flexibility index (Phi) is 8.24. The molecule has 0 fully saturated rings. The fourth-order valence-corrected chi connectivity index (χ4v) is 4.43. The van der Waals surface area contributed by atoms with E-state index < -0.39 is 27.4 Å². The molecular weight excluding hydrogens is 426 g/mol. The number of nitrogens with one attached hydrogen (secondary N) is 1. The highest BCUT2D eigenvalue weighted by atomic mass is 32.2. The van der Waals surface area contributed by atoms with Gasteiger partial charge in [0, 0.05) is 23.6 Å². The first-order valence-corrected chi connectivity index (χ1v) is 12.1. The standard InChI is InChI=1S/C20H25N3O5S2/c1-15-5-9-18(10-6-15)29-12-4-11-21-20(24)14-22(30(3,27)28)19-13-17(23(25)26)8-7-16(19)2/h5-10,13H,4,11-12,14H2,1-3H3,(H,21,24). The lowest BCUT2D eigenvalue weighted by atomic mass is 10.2. The van der Waals surface area contributed by atoms with Crippen LogP contribution in [0.4, 0.5) is 11.4 Å². The molecule has 0 radical (unpaired) electrons. The van der Waals surface area contributed by atoms with Gasteiger partial charge >= 0.3 is 0 Å². The Bertz CT molecular complexity index is 1010. The van der Waals surface area contributed by atoms with Crippen LogP contribution < -0.4 is 9.62 Å². The Morgan fingerprint density at radius 2 is 1.83 bits per heavy atom. The van der Waals surface area contributed by atoms with E-state index >= 15 is 0 Å². The van der Waals surface area contributed by atoms with Crippen molar-refractivity contribution in [2.75, 3.05) is 29.4 Å². The van der Waals surface area contributed by atoms with E-state index in [-0.39, 0.29) is 11.4 Å². The molecule has 0 unspecified atom stereocenters. The summed E-state index contributed by atoms with van der Waals surface area (Å²) in [6, 6.07) is 12.1. The van der Waals surface area contributed by atoms with E-state index in [2.05, 4.69) is 5.32 Å². The summed E-state index contributed by atoms with van der Waals surface area (Å²) in [6.45, 7) is 3.63. The molecule has 0 bridgehead atoms. The van der Waals surface area contributed by atoms with E-state index in [4.69, 9.17) is 0 Å². The zero-order chi connectivity index (χ0) is 22.3. The van der Waals surface area contributed by atoms with Crippen LogP contribution in [0.15, 0.2) is 47.4 Å². The van der Waals surface area contributed by atoms with Crippen LogP contribution in [-0.2, 0) is 14.8 Å². The smallest absolute Gasteiger partial charge is 0.271 e. The number of benzene rings is 2. The van der Waals surface area contributed by atoms with Gasteiger partial charge in [-0.2, -0.15) is 0 Å². The molecule has 0 heterocycles. The number of anilines is 1. The molecule has 0 aliphatic carbocycles. The van der Waals surface area contributed by atoms with E-state index in [9.17, 15) is 23.3 Å². The molecule has 0 atom stereocenters. The third kappa shape index (κ3) is 7.03. The Morgan fingerprint density at radius 1 is 1.17 bits per heavy atom. The predicted octanol–water partition coefficient (Wildman–Crippen LogP) is 3.28. The molecule has 0 spiro atoms. The van der Waals surface area contributed by atoms with Crippen molar-refractivity contribution in [3.8, 4) is 0 Å². The van der Waals surface area contributed by atoms with E-state index in [0.717, 1.165) is 27.6 Å². The van der Waals surface area contributed by atoms with Crippen molar-refractivity contribution in [2.24, 2.45) is 0 Å². The van der Waals surface area contributed by atoms with Gasteiger partial charge in [0.2, 0.25) is 15.9 Å². The average molecular weight is 452 g/mol. The van der Waals surface area contributed by atoms with Crippen molar-refractivity contribution < 1.29 is 18.1 Å². The number of nitro benzene ring substituents is 1. The Labute approximate surface area is 180 Å². The zero-order valence-electron chi connectivity index (χ0n) is 17.1. The Morgan fingerprint density at radius 3 is 2.43 bits per heavy atom. The number of thioether (sulfide) groups is 1. The fourth-order valence-electron chi connectivity index (χ4n) is 2.67. The summed E-state index contributed by atoms with van der Waals surface area (Å²) in [7, 11) is -3.81. The molecule has 162 valence electrons. The molecular formula is C20H25N3O5S2. The first-order valence-electron chi connectivity index (χ1n) is 9.27. The molecule has 0 aliphatic heterocycles. The number of non-ortho nitro benzene ring substituents is 1. The molecule has 2 aromatic rings. The van der Waals surface area contributed by atoms with E-state index in [1.54, 1.807) is 18.7 Å². The number of aryl methyl sites for hydroxylation is 2. The highest BCUT2D eigenvalue weighted by molar-refractivity contribution is 7.99. The monoisotopic (exact) mass is 451 g/mol. The van der Waals surface area contributed by atoms with E-state index in [1.165, 1.54) is 23.8 Å². The number of rotatable bonds is 10. The number of carbonyl (C=O) groups is 1. The zero-order valence-corrected chi connectivity index (χ0v) is 18.8. The Balaban J connectivity index is 1.94. The summed E-state index contributed by atoms with van der Waals surface area (Å²) in [5.41, 5.74) is 1.60. The van der Waals surface area contributed by atoms with Crippen LogP contribution in [0.2, 0.25) is 0 Å². The summed E-state index contributed by atoms with van der Waals surface area (Å²) >= 11 is 1.68. The largest absolute Gasteiger partial charge is 0.354 e. The minimum atomic E-state index is -3.81. The second-order valence-electron chi connectivity index (χ2n) is 6.86. The maximum atomic E-state index is 12.3. The Hall–Kier alpha value is -2.59. The van der Waals surface area contributed by atoms with Gasteiger partial charge in [-0.1, -0.05) is 23.8 Å². The molecule has 0 aliphatic rings. The number of hydrogen-bond donors (Lipinski definition) is 1. The van der Waals surface area contributed by atoms with Crippen molar-refractivity contribution >= 4 is 39.1 Å². The lowest BCUT2D eigenvalue weighted by Crippen LogP contribution is -2.41. The maximum absolute atomic E-state index is 12.3. The number of sulfonamides is 1. The van der Waals surface area contributed by atoms with Crippen LogP contribution in [-0.4, -0.2) is 44.3 Å². The molecule has 8 nitrogen and oxygen atoms in total.